The molecule has 0 aromatic rings. The second kappa shape index (κ2) is 6.66. The summed E-state index contributed by atoms with van der Waals surface area (Å²) in [5.74, 6) is -0.158. The number of ether oxygens (including phenoxy) is 1. The first-order chi connectivity index (χ1) is 6.10. The third-order valence-corrected chi connectivity index (χ3v) is 1.92. The molecule has 13 heavy (non-hydrogen) atoms. The average molecular weight is 185 g/mol. The predicted molar refractivity (Wildman–Crippen MR) is 53.6 cm³/mol. The molecule has 0 aliphatic heterocycles. The second-order valence-electron chi connectivity index (χ2n) is 3.17. The molecule has 3 nitrogen and oxygen atoms in total. The summed E-state index contributed by atoms with van der Waals surface area (Å²) in [6, 6.07) is 0. The molecule has 0 aliphatic rings. The van der Waals surface area contributed by atoms with Gasteiger partial charge in [0.05, 0.1) is 13.5 Å². The number of carbonyl (C=O) groups is 1. The Labute approximate surface area is 80.4 Å². The van der Waals surface area contributed by atoms with Crippen molar-refractivity contribution < 1.29 is 9.53 Å². The molecule has 0 N–H and O–H groups in total. The Kier molecular flexibility index (Phi) is 6.24. The van der Waals surface area contributed by atoms with Crippen LogP contribution in [-0.4, -0.2) is 38.1 Å². The minimum atomic E-state index is -0.158. The Hall–Kier alpha value is -0.830. The highest BCUT2D eigenvalue weighted by molar-refractivity contribution is 5.69. The second-order valence-corrected chi connectivity index (χ2v) is 3.17. The number of hydrogen-bond acceptors (Lipinski definition) is 3. The quantitative estimate of drug-likeness (QED) is 0.463. The number of nitrogens with zero attached hydrogens (tertiary/aromatic N) is 1. The van der Waals surface area contributed by atoms with Crippen molar-refractivity contribution in [1.82, 2.24) is 4.90 Å². The first kappa shape index (κ1) is 12.2. The van der Waals surface area contributed by atoms with E-state index in [4.69, 9.17) is 0 Å². The van der Waals surface area contributed by atoms with Crippen LogP contribution in [0.15, 0.2) is 12.2 Å². The van der Waals surface area contributed by atoms with E-state index in [0.717, 1.165) is 19.5 Å². The summed E-state index contributed by atoms with van der Waals surface area (Å²) in [6.45, 7) is 7.56. The molecule has 0 unspecified atom stereocenters. The fraction of sp³-hybridized carbons (Fsp3) is 0.700. The van der Waals surface area contributed by atoms with Gasteiger partial charge in [-0.2, -0.15) is 0 Å². The van der Waals surface area contributed by atoms with Crippen LogP contribution >= 0.6 is 0 Å². The monoisotopic (exact) mass is 185 g/mol. The van der Waals surface area contributed by atoms with Crippen molar-refractivity contribution in [2.24, 2.45) is 0 Å². The van der Waals surface area contributed by atoms with Gasteiger partial charge in [0.2, 0.25) is 0 Å². The summed E-state index contributed by atoms with van der Waals surface area (Å²) in [5, 5.41) is 0. The van der Waals surface area contributed by atoms with E-state index in [0.29, 0.717) is 6.42 Å². The third-order valence-electron chi connectivity index (χ3n) is 1.92. The van der Waals surface area contributed by atoms with Crippen molar-refractivity contribution in [3.8, 4) is 0 Å². The largest absolute Gasteiger partial charge is 0.469 e. The maximum absolute atomic E-state index is 10.8. The van der Waals surface area contributed by atoms with Crippen LogP contribution in [0.3, 0.4) is 0 Å². The van der Waals surface area contributed by atoms with E-state index in [2.05, 4.69) is 23.1 Å². The standard InChI is InChI=1S/C10H19NO2/c1-5-9(2)8-11(3)7-6-10(12)13-4/h2,5-8H2,1,3-4H3. The molecule has 0 rings (SSSR count). The zero-order valence-electron chi connectivity index (χ0n) is 8.80. The molecular weight excluding hydrogens is 166 g/mol. The molecule has 3 heteroatoms. The molecule has 0 bridgehead atoms. The van der Waals surface area contributed by atoms with Crippen LogP contribution in [0.25, 0.3) is 0 Å². The predicted octanol–water partition coefficient (Wildman–Crippen LogP) is 1.45. The van der Waals surface area contributed by atoms with E-state index in [1.165, 1.54) is 12.7 Å². The highest BCUT2D eigenvalue weighted by Crippen LogP contribution is 1.99. The molecule has 0 atom stereocenters. The van der Waals surface area contributed by atoms with E-state index in [9.17, 15) is 4.79 Å². The highest BCUT2D eigenvalue weighted by atomic mass is 16.5. The lowest BCUT2D eigenvalue weighted by molar-refractivity contribution is -0.140. The minimum Gasteiger partial charge on any atom is -0.469 e. The van der Waals surface area contributed by atoms with E-state index in [1.54, 1.807) is 0 Å². The zero-order valence-corrected chi connectivity index (χ0v) is 8.80. The maximum Gasteiger partial charge on any atom is 0.306 e. The summed E-state index contributed by atoms with van der Waals surface area (Å²) in [5.41, 5.74) is 1.19. The van der Waals surface area contributed by atoms with Crippen LogP contribution < -0.4 is 0 Å². The van der Waals surface area contributed by atoms with Gasteiger partial charge < -0.3 is 9.64 Å². The minimum absolute atomic E-state index is 0.158. The summed E-state index contributed by atoms with van der Waals surface area (Å²) in [7, 11) is 3.39. The lowest BCUT2D eigenvalue weighted by Crippen LogP contribution is -2.24. The number of likely N-dealkylation sites (N-methyl/N-ethyl adjacent to an activating group) is 1. The van der Waals surface area contributed by atoms with Gasteiger partial charge in [-0.25, -0.2) is 0 Å². The normalized spacial score (nSPS) is 10.2. The Bertz CT molecular complexity index is 178. The van der Waals surface area contributed by atoms with Crippen LogP contribution in [0.2, 0.25) is 0 Å². The van der Waals surface area contributed by atoms with Gasteiger partial charge >= 0.3 is 5.97 Å². The Morgan fingerprint density at radius 1 is 1.54 bits per heavy atom. The topological polar surface area (TPSA) is 29.5 Å². The molecule has 0 spiro atoms. The van der Waals surface area contributed by atoms with E-state index < -0.39 is 0 Å². The van der Waals surface area contributed by atoms with Crippen LogP contribution in [0.1, 0.15) is 19.8 Å². The van der Waals surface area contributed by atoms with Gasteiger partial charge in [-0.1, -0.05) is 19.1 Å². The van der Waals surface area contributed by atoms with Gasteiger partial charge in [0.1, 0.15) is 0 Å². The molecule has 0 aliphatic carbocycles. The van der Waals surface area contributed by atoms with Crippen LogP contribution in [0.5, 0.6) is 0 Å². The number of esters is 1. The third kappa shape index (κ3) is 6.34. The smallest absolute Gasteiger partial charge is 0.306 e. The molecular formula is C10H19NO2. The number of hydrogen-bond donors (Lipinski definition) is 0. The molecule has 0 saturated carbocycles. The molecule has 0 aromatic carbocycles. The van der Waals surface area contributed by atoms with Crippen molar-refractivity contribution in [3.05, 3.63) is 12.2 Å². The molecule has 76 valence electrons. The Morgan fingerprint density at radius 3 is 2.62 bits per heavy atom. The first-order valence-electron chi connectivity index (χ1n) is 4.52. The van der Waals surface area contributed by atoms with Crippen molar-refractivity contribution in [2.45, 2.75) is 19.8 Å². The van der Waals surface area contributed by atoms with Gasteiger partial charge in [0.25, 0.3) is 0 Å². The summed E-state index contributed by atoms with van der Waals surface area (Å²) < 4.78 is 4.54. The van der Waals surface area contributed by atoms with Gasteiger partial charge in [-0.3, -0.25) is 4.79 Å². The molecule has 0 radical (unpaired) electrons. The van der Waals surface area contributed by atoms with Gasteiger partial charge in [0.15, 0.2) is 0 Å². The van der Waals surface area contributed by atoms with Gasteiger partial charge in [0, 0.05) is 13.1 Å². The van der Waals surface area contributed by atoms with Gasteiger partial charge in [-0.15, -0.1) is 0 Å². The summed E-state index contributed by atoms with van der Waals surface area (Å²) in [4.78, 5) is 12.9. The van der Waals surface area contributed by atoms with Crippen molar-refractivity contribution in [3.63, 3.8) is 0 Å². The molecule has 0 amide bonds. The molecule has 0 aromatic heterocycles. The lowest BCUT2D eigenvalue weighted by Gasteiger charge is -2.16. The lowest BCUT2D eigenvalue weighted by atomic mass is 10.2. The van der Waals surface area contributed by atoms with Crippen molar-refractivity contribution >= 4 is 5.97 Å². The van der Waals surface area contributed by atoms with Crippen molar-refractivity contribution in [1.29, 1.82) is 0 Å². The zero-order chi connectivity index (χ0) is 10.3. The summed E-state index contributed by atoms with van der Waals surface area (Å²) in [6.07, 6.45) is 1.44. The molecule has 0 fully saturated rings. The van der Waals surface area contributed by atoms with E-state index in [-0.39, 0.29) is 5.97 Å². The van der Waals surface area contributed by atoms with Gasteiger partial charge in [-0.05, 0) is 13.5 Å². The average Bonchev–Trinajstić information content (AvgIpc) is 2.13. The summed E-state index contributed by atoms with van der Waals surface area (Å²) >= 11 is 0. The van der Waals surface area contributed by atoms with Crippen LogP contribution in [-0.2, 0) is 9.53 Å². The molecule has 0 saturated heterocycles. The highest BCUT2D eigenvalue weighted by Gasteiger charge is 2.04. The van der Waals surface area contributed by atoms with Crippen LogP contribution in [0, 0.1) is 0 Å². The van der Waals surface area contributed by atoms with Crippen LogP contribution in [0.4, 0.5) is 0 Å². The Morgan fingerprint density at radius 2 is 2.15 bits per heavy atom. The number of rotatable bonds is 6. The fourth-order valence-electron chi connectivity index (χ4n) is 0.957. The Balaban J connectivity index is 3.56. The first-order valence-corrected chi connectivity index (χ1v) is 4.52. The maximum atomic E-state index is 10.8. The molecule has 0 heterocycles. The number of methoxy groups -OCH3 is 1. The van der Waals surface area contributed by atoms with Crippen molar-refractivity contribution in [2.75, 3.05) is 27.2 Å². The fourth-order valence-corrected chi connectivity index (χ4v) is 0.957. The number of carbonyl (C=O) groups excluding carboxylic acids is 1. The van der Waals surface area contributed by atoms with E-state index >= 15 is 0 Å². The SMILES string of the molecule is C=C(CC)CN(C)CCC(=O)OC. The van der Waals surface area contributed by atoms with E-state index in [1.807, 2.05) is 7.05 Å².